The maximum Gasteiger partial charge on any atom is 0.0904 e. The van der Waals surface area contributed by atoms with Crippen molar-refractivity contribution >= 4 is 49.5 Å². The molecule has 0 bridgehead atoms. The quantitative estimate of drug-likeness (QED) is 0.411. The lowest BCUT2D eigenvalue weighted by Gasteiger charge is -1.97. The topological polar surface area (TPSA) is 45.5 Å². The van der Waals surface area contributed by atoms with E-state index < -0.39 is 0 Å². The minimum atomic E-state index is 0.578. The SMILES string of the molecule is O/N=C/c1cnc2c(sc3ccccc32)c1Cl. The number of pyridine rings is 1. The van der Waals surface area contributed by atoms with Crippen LogP contribution in [0.1, 0.15) is 5.56 Å². The highest BCUT2D eigenvalue weighted by molar-refractivity contribution is 7.26. The summed E-state index contributed by atoms with van der Waals surface area (Å²) in [6, 6.07) is 8.03. The van der Waals surface area contributed by atoms with Gasteiger partial charge < -0.3 is 5.21 Å². The third kappa shape index (κ3) is 1.57. The lowest BCUT2D eigenvalue weighted by atomic mass is 10.2. The number of nitrogens with zero attached hydrogens (tertiary/aromatic N) is 2. The Labute approximate surface area is 106 Å². The molecule has 0 saturated heterocycles. The van der Waals surface area contributed by atoms with E-state index >= 15 is 0 Å². The molecule has 0 amide bonds. The molecule has 0 saturated carbocycles. The summed E-state index contributed by atoms with van der Waals surface area (Å²) >= 11 is 7.85. The summed E-state index contributed by atoms with van der Waals surface area (Å²) in [4.78, 5) is 4.37. The highest BCUT2D eigenvalue weighted by atomic mass is 35.5. The largest absolute Gasteiger partial charge is 0.411 e. The molecule has 1 aromatic carbocycles. The molecule has 0 aliphatic heterocycles. The molecule has 0 aliphatic rings. The predicted molar refractivity (Wildman–Crippen MR) is 71.5 cm³/mol. The molecule has 0 atom stereocenters. The van der Waals surface area contributed by atoms with Gasteiger partial charge in [0.15, 0.2) is 0 Å². The molecule has 3 rings (SSSR count). The van der Waals surface area contributed by atoms with Crippen LogP contribution in [0.15, 0.2) is 35.6 Å². The van der Waals surface area contributed by atoms with E-state index in [-0.39, 0.29) is 0 Å². The second-order valence-electron chi connectivity index (χ2n) is 3.55. The second-order valence-corrected chi connectivity index (χ2v) is 4.98. The Morgan fingerprint density at radius 2 is 2.18 bits per heavy atom. The first-order chi connectivity index (χ1) is 8.31. The van der Waals surface area contributed by atoms with Gasteiger partial charge in [-0.05, 0) is 6.07 Å². The van der Waals surface area contributed by atoms with Gasteiger partial charge in [-0.25, -0.2) is 0 Å². The summed E-state index contributed by atoms with van der Waals surface area (Å²) < 4.78 is 2.07. The molecular weight excluding hydrogens is 256 g/mol. The van der Waals surface area contributed by atoms with Crippen molar-refractivity contribution in [3.05, 3.63) is 41.0 Å². The smallest absolute Gasteiger partial charge is 0.0904 e. The number of fused-ring (bicyclic) bond motifs is 3. The highest BCUT2D eigenvalue weighted by Gasteiger charge is 2.11. The van der Waals surface area contributed by atoms with E-state index in [1.807, 2.05) is 24.3 Å². The standard InChI is InChI=1S/C12H7ClN2OS/c13-10-7(6-15-16)5-14-11-8-3-1-2-4-9(8)17-12(10)11/h1-6,16H/b15-6+. The zero-order valence-electron chi connectivity index (χ0n) is 8.59. The molecule has 0 unspecified atom stereocenters. The summed E-state index contributed by atoms with van der Waals surface area (Å²) in [5.74, 6) is 0. The van der Waals surface area contributed by atoms with E-state index in [1.54, 1.807) is 17.5 Å². The molecule has 3 aromatic rings. The zero-order chi connectivity index (χ0) is 11.8. The molecule has 3 nitrogen and oxygen atoms in total. The maximum atomic E-state index is 8.54. The van der Waals surface area contributed by atoms with Crippen molar-refractivity contribution in [1.82, 2.24) is 4.98 Å². The first-order valence-electron chi connectivity index (χ1n) is 4.94. The van der Waals surface area contributed by atoms with Gasteiger partial charge in [0.1, 0.15) is 0 Å². The molecule has 84 valence electrons. The van der Waals surface area contributed by atoms with Gasteiger partial charge in [0.2, 0.25) is 0 Å². The van der Waals surface area contributed by atoms with E-state index in [1.165, 1.54) is 6.21 Å². The maximum absolute atomic E-state index is 8.54. The summed E-state index contributed by atoms with van der Waals surface area (Å²) in [7, 11) is 0. The van der Waals surface area contributed by atoms with Gasteiger partial charge >= 0.3 is 0 Å². The molecule has 0 radical (unpaired) electrons. The van der Waals surface area contributed by atoms with Crippen LogP contribution in [-0.4, -0.2) is 16.4 Å². The van der Waals surface area contributed by atoms with Gasteiger partial charge in [0, 0.05) is 21.8 Å². The minimum absolute atomic E-state index is 0.578. The number of hydrogen-bond acceptors (Lipinski definition) is 4. The van der Waals surface area contributed by atoms with E-state index in [0.29, 0.717) is 10.6 Å². The van der Waals surface area contributed by atoms with Crippen LogP contribution in [-0.2, 0) is 0 Å². The van der Waals surface area contributed by atoms with Gasteiger partial charge in [-0.3, -0.25) is 4.98 Å². The summed E-state index contributed by atoms with van der Waals surface area (Å²) in [5, 5.41) is 13.2. The third-order valence-corrected chi connectivity index (χ3v) is 4.25. The number of aromatic nitrogens is 1. The third-order valence-electron chi connectivity index (χ3n) is 2.55. The summed E-state index contributed by atoms with van der Waals surface area (Å²) in [5.41, 5.74) is 1.51. The first kappa shape index (κ1) is 10.5. The summed E-state index contributed by atoms with van der Waals surface area (Å²) in [6.45, 7) is 0. The number of rotatable bonds is 1. The summed E-state index contributed by atoms with van der Waals surface area (Å²) in [6.07, 6.45) is 2.91. The van der Waals surface area contributed by atoms with Crippen molar-refractivity contribution in [3.63, 3.8) is 0 Å². The Morgan fingerprint density at radius 1 is 1.35 bits per heavy atom. The predicted octanol–water partition coefficient (Wildman–Crippen LogP) is 3.91. The fourth-order valence-electron chi connectivity index (χ4n) is 1.78. The van der Waals surface area contributed by atoms with Crippen molar-refractivity contribution in [2.75, 3.05) is 0 Å². The zero-order valence-corrected chi connectivity index (χ0v) is 10.2. The van der Waals surface area contributed by atoms with Crippen LogP contribution in [0.4, 0.5) is 0 Å². The van der Waals surface area contributed by atoms with E-state index in [0.717, 1.165) is 20.3 Å². The van der Waals surface area contributed by atoms with E-state index in [2.05, 4.69) is 10.1 Å². The number of benzene rings is 1. The molecule has 0 aliphatic carbocycles. The number of hydrogen-bond donors (Lipinski definition) is 1. The van der Waals surface area contributed by atoms with E-state index in [9.17, 15) is 0 Å². The van der Waals surface area contributed by atoms with Crippen molar-refractivity contribution in [1.29, 1.82) is 0 Å². The number of halogens is 1. The van der Waals surface area contributed by atoms with Crippen LogP contribution in [0.3, 0.4) is 0 Å². The minimum Gasteiger partial charge on any atom is -0.411 e. The molecular formula is C12H7ClN2OS. The van der Waals surface area contributed by atoms with Crippen LogP contribution in [0, 0.1) is 0 Å². The van der Waals surface area contributed by atoms with Crippen molar-refractivity contribution in [2.24, 2.45) is 5.16 Å². The monoisotopic (exact) mass is 262 g/mol. The highest BCUT2D eigenvalue weighted by Crippen LogP contribution is 2.37. The molecule has 17 heavy (non-hydrogen) atoms. The molecule has 2 heterocycles. The van der Waals surface area contributed by atoms with Gasteiger partial charge in [-0.1, -0.05) is 35.0 Å². The van der Waals surface area contributed by atoms with Gasteiger partial charge in [-0.15, -0.1) is 11.3 Å². The second kappa shape index (κ2) is 3.98. The lowest BCUT2D eigenvalue weighted by Crippen LogP contribution is -1.85. The van der Waals surface area contributed by atoms with Crippen LogP contribution >= 0.6 is 22.9 Å². The Bertz CT molecular complexity index is 736. The molecule has 0 fully saturated rings. The van der Waals surface area contributed by atoms with E-state index in [4.69, 9.17) is 16.8 Å². The van der Waals surface area contributed by atoms with Crippen LogP contribution in [0.5, 0.6) is 0 Å². The van der Waals surface area contributed by atoms with Gasteiger partial charge in [-0.2, -0.15) is 0 Å². The normalized spacial score (nSPS) is 11.8. The van der Waals surface area contributed by atoms with Crippen molar-refractivity contribution in [2.45, 2.75) is 0 Å². The van der Waals surface area contributed by atoms with Crippen LogP contribution in [0.25, 0.3) is 20.3 Å². The Morgan fingerprint density at radius 3 is 3.00 bits per heavy atom. The Kier molecular flexibility index (Phi) is 2.46. The van der Waals surface area contributed by atoms with Crippen molar-refractivity contribution < 1.29 is 5.21 Å². The molecule has 1 N–H and O–H groups in total. The van der Waals surface area contributed by atoms with Gasteiger partial charge in [0.05, 0.1) is 21.5 Å². The molecule has 0 spiro atoms. The first-order valence-corrected chi connectivity index (χ1v) is 6.14. The number of thiophene rings is 1. The fourth-order valence-corrected chi connectivity index (χ4v) is 3.19. The number of oxime groups is 1. The molecule has 5 heteroatoms. The van der Waals surface area contributed by atoms with Crippen molar-refractivity contribution in [3.8, 4) is 0 Å². The Balaban J connectivity index is 2.44. The Hall–Kier alpha value is -1.65. The average Bonchev–Trinajstić information content (AvgIpc) is 2.73. The molecule has 2 aromatic heterocycles. The average molecular weight is 263 g/mol. The lowest BCUT2D eigenvalue weighted by molar-refractivity contribution is 0.322. The van der Waals surface area contributed by atoms with Crippen LogP contribution in [0.2, 0.25) is 5.02 Å². The fraction of sp³-hybridized carbons (Fsp3) is 0. The van der Waals surface area contributed by atoms with Crippen LogP contribution < -0.4 is 0 Å². The van der Waals surface area contributed by atoms with Gasteiger partial charge in [0.25, 0.3) is 0 Å².